The third kappa shape index (κ3) is 1.60. The van der Waals surface area contributed by atoms with Crippen LogP contribution in [-0.4, -0.2) is 9.59 Å². The van der Waals surface area contributed by atoms with Gasteiger partial charge in [-0.3, -0.25) is 0 Å². The van der Waals surface area contributed by atoms with Crippen molar-refractivity contribution in [1.82, 2.24) is 9.59 Å². The molecular formula is C8H8BrN3OS. The molecule has 74 valence electrons. The first-order valence-electron chi connectivity index (χ1n) is 3.97. The summed E-state index contributed by atoms with van der Waals surface area (Å²) in [6.07, 6.45) is 1.60. The summed E-state index contributed by atoms with van der Waals surface area (Å²) in [5.74, 6) is 0.708. The molecule has 4 nitrogen and oxygen atoms in total. The molecule has 0 bridgehead atoms. The molecular weight excluding hydrogens is 266 g/mol. The SMILES string of the molecule is Cc1nnsc1C(N)c1occc1Br. The van der Waals surface area contributed by atoms with Crippen LogP contribution in [0.25, 0.3) is 0 Å². The Labute approximate surface area is 93.4 Å². The lowest BCUT2D eigenvalue weighted by molar-refractivity contribution is 0.489. The highest BCUT2D eigenvalue weighted by Gasteiger charge is 2.19. The summed E-state index contributed by atoms with van der Waals surface area (Å²) in [6.45, 7) is 1.88. The van der Waals surface area contributed by atoms with E-state index in [1.54, 1.807) is 6.26 Å². The van der Waals surface area contributed by atoms with Gasteiger partial charge in [-0.25, -0.2) is 0 Å². The predicted molar refractivity (Wildman–Crippen MR) is 57.1 cm³/mol. The molecule has 0 aliphatic rings. The molecule has 0 fully saturated rings. The smallest absolute Gasteiger partial charge is 0.140 e. The normalized spacial score (nSPS) is 13.1. The van der Waals surface area contributed by atoms with Crippen molar-refractivity contribution >= 4 is 27.5 Å². The van der Waals surface area contributed by atoms with E-state index < -0.39 is 0 Å². The van der Waals surface area contributed by atoms with E-state index in [0.29, 0.717) is 5.76 Å². The average Bonchev–Trinajstić information content (AvgIpc) is 2.73. The van der Waals surface area contributed by atoms with E-state index in [-0.39, 0.29) is 6.04 Å². The Balaban J connectivity index is 2.38. The first kappa shape index (κ1) is 9.82. The molecule has 0 aromatic carbocycles. The lowest BCUT2D eigenvalue weighted by Gasteiger charge is -2.06. The lowest BCUT2D eigenvalue weighted by Crippen LogP contribution is -2.11. The highest BCUT2D eigenvalue weighted by atomic mass is 79.9. The number of hydrogen-bond acceptors (Lipinski definition) is 5. The molecule has 14 heavy (non-hydrogen) atoms. The van der Waals surface area contributed by atoms with Crippen LogP contribution in [-0.2, 0) is 0 Å². The molecule has 2 aromatic rings. The van der Waals surface area contributed by atoms with E-state index in [1.807, 2.05) is 13.0 Å². The number of nitrogens with two attached hydrogens (primary N) is 1. The van der Waals surface area contributed by atoms with Gasteiger partial charge in [-0.15, -0.1) is 5.10 Å². The quantitative estimate of drug-likeness (QED) is 0.912. The topological polar surface area (TPSA) is 64.9 Å². The Hall–Kier alpha value is -0.720. The van der Waals surface area contributed by atoms with E-state index >= 15 is 0 Å². The summed E-state index contributed by atoms with van der Waals surface area (Å²) in [5, 5.41) is 3.91. The van der Waals surface area contributed by atoms with Crippen LogP contribution in [0.2, 0.25) is 0 Å². The molecule has 2 heterocycles. The molecule has 0 aliphatic heterocycles. The van der Waals surface area contributed by atoms with Gasteiger partial charge < -0.3 is 10.2 Å². The van der Waals surface area contributed by atoms with Gasteiger partial charge in [-0.2, -0.15) is 0 Å². The summed E-state index contributed by atoms with van der Waals surface area (Å²) >= 11 is 4.66. The number of furan rings is 1. The van der Waals surface area contributed by atoms with E-state index in [4.69, 9.17) is 10.2 Å². The summed E-state index contributed by atoms with van der Waals surface area (Å²) in [6, 6.07) is 1.53. The van der Waals surface area contributed by atoms with Gasteiger partial charge in [-0.1, -0.05) is 4.49 Å². The fourth-order valence-corrected chi connectivity index (χ4v) is 2.26. The predicted octanol–water partition coefficient (Wildman–Crippen LogP) is 2.25. The highest BCUT2D eigenvalue weighted by molar-refractivity contribution is 9.10. The van der Waals surface area contributed by atoms with Crippen LogP contribution in [0.3, 0.4) is 0 Å². The molecule has 0 saturated carbocycles. The van der Waals surface area contributed by atoms with E-state index in [0.717, 1.165) is 15.0 Å². The first-order valence-corrected chi connectivity index (χ1v) is 5.54. The van der Waals surface area contributed by atoms with Gasteiger partial charge in [0.05, 0.1) is 21.3 Å². The van der Waals surface area contributed by atoms with Crippen LogP contribution in [0.4, 0.5) is 0 Å². The molecule has 1 atom stereocenters. The van der Waals surface area contributed by atoms with Crippen molar-refractivity contribution in [3.8, 4) is 0 Å². The average molecular weight is 274 g/mol. The summed E-state index contributed by atoms with van der Waals surface area (Å²) in [7, 11) is 0. The number of halogens is 1. The fourth-order valence-electron chi connectivity index (χ4n) is 1.17. The number of aromatic nitrogens is 2. The summed E-state index contributed by atoms with van der Waals surface area (Å²) in [4.78, 5) is 0.931. The minimum Gasteiger partial charge on any atom is -0.466 e. The zero-order valence-electron chi connectivity index (χ0n) is 7.40. The second-order valence-electron chi connectivity index (χ2n) is 2.83. The summed E-state index contributed by atoms with van der Waals surface area (Å²) < 4.78 is 9.99. The number of nitrogens with zero attached hydrogens (tertiary/aromatic N) is 2. The monoisotopic (exact) mass is 273 g/mol. The van der Waals surface area contributed by atoms with Crippen molar-refractivity contribution in [2.45, 2.75) is 13.0 Å². The minimum atomic E-state index is -0.292. The van der Waals surface area contributed by atoms with Crippen LogP contribution in [0, 0.1) is 6.92 Å². The van der Waals surface area contributed by atoms with Gasteiger partial charge in [0.15, 0.2) is 0 Å². The van der Waals surface area contributed by atoms with Crippen LogP contribution in [0.5, 0.6) is 0 Å². The number of rotatable bonds is 2. The molecule has 0 amide bonds. The van der Waals surface area contributed by atoms with Gasteiger partial charge in [-0.05, 0) is 40.5 Å². The number of hydrogen-bond donors (Lipinski definition) is 1. The second kappa shape index (κ2) is 3.80. The van der Waals surface area contributed by atoms with Crippen LogP contribution in [0.1, 0.15) is 22.4 Å². The Morgan fingerprint density at radius 1 is 1.64 bits per heavy atom. The highest BCUT2D eigenvalue weighted by Crippen LogP contribution is 2.30. The Morgan fingerprint density at radius 2 is 2.43 bits per heavy atom. The standard InChI is InChI=1S/C8H8BrN3OS/c1-4-8(14-12-11-4)6(10)7-5(9)2-3-13-7/h2-3,6H,10H2,1H3. The molecule has 6 heteroatoms. The molecule has 0 spiro atoms. The zero-order valence-corrected chi connectivity index (χ0v) is 9.80. The zero-order chi connectivity index (χ0) is 10.1. The van der Waals surface area contributed by atoms with Crippen molar-refractivity contribution in [3.05, 3.63) is 33.1 Å². The summed E-state index contributed by atoms with van der Waals surface area (Å²) in [5.41, 5.74) is 6.87. The molecule has 1 unspecified atom stereocenters. The van der Waals surface area contributed by atoms with Gasteiger partial charge >= 0.3 is 0 Å². The molecule has 0 aliphatic carbocycles. The minimum absolute atomic E-state index is 0.292. The maximum atomic E-state index is 6.01. The van der Waals surface area contributed by atoms with E-state index in [9.17, 15) is 0 Å². The second-order valence-corrected chi connectivity index (χ2v) is 4.47. The van der Waals surface area contributed by atoms with Gasteiger partial charge in [0.1, 0.15) is 11.8 Å². The van der Waals surface area contributed by atoms with E-state index in [2.05, 4.69) is 25.5 Å². The van der Waals surface area contributed by atoms with E-state index in [1.165, 1.54) is 11.5 Å². The third-order valence-corrected chi connectivity index (χ3v) is 3.46. The Morgan fingerprint density at radius 3 is 2.93 bits per heavy atom. The Kier molecular flexibility index (Phi) is 2.66. The van der Waals surface area contributed by atoms with Crippen LogP contribution in [0.15, 0.2) is 21.2 Å². The maximum absolute atomic E-state index is 6.01. The lowest BCUT2D eigenvalue weighted by atomic mass is 10.2. The first-order chi connectivity index (χ1) is 6.70. The van der Waals surface area contributed by atoms with Crippen LogP contribution >= 0.6 is 27.5 Å². The van der Waals surface area contributed by atoms with Crippen LogP contribution < -0.4 is 5.73 Å². The van der Waals surface area contributed by atoms with Gasteiger partial charge in [0.2, 0.25) is 0 Å². The Bertz CT molecular complexity index is 399. The van der Waals surface area contributed by atoms with Crippen molar-refractivity contribution < 1.29 is 4.42 Å². The van der Waals surface area contributed by atoms with Crippen molar-refractivity contribution in [1.29, 1.82) is 0 Å². The molecule has 2 N–H and O–H groups in total. The maximum Gasteiger partial charge on any atom is 0.140 e. The fraction of sp³-hybridized carbons (Fsp3) is 0.250. The van der Waals surface area contributed by atoms with Crippen molar-refractivity contribution in [2.75, 3.05) is 0 Å². The largest absolute Gasteiger partial charge is 0.466 e. The van der Waals surface area contributed by atoms with Crippen molar-refractivity contribution in [3.63, 3.8) is 0 Å². The number of aryl methyl sites for hydroxylation is 1. The molecule has 2 rings (SSSR count). The third-order valence-electron chi connectivity index (χ3n) is 1.90. The molecule has 0 saturated heterocycles. The molecule has 2 aromatic heterocycles. The van der Waals surface area contributed by atoms with Gasteiger partial charge in [0, 0.05) is 0 Å². The van der Waals surface area contributed by atoms with Gasteiger partial charge in [0.25, 0.3) is 0 Å². The van der Waals surface area contributed by atoms with Crippen molar-refractivity contribution in [2.24, 2.45) is 5.73 Å². The molecule has 0 radical (unpaired) electrons.